The first kappa shape index (κ1) is 15.0. The fourth-order valence-corrected chi connectivity index (χ4v) is 4.09. The van der Waals surface area contributed by atoms with Gasteiger partial charge in [0.05, 0.1) is 18.3 Å². The third-order valence-corrected chi connectivity index (χ3v) is 5.38. The van der Waals surface area contributed by atoms with Crippen LogP contribution in [0.2, 0.25) is 0 Å². The predicted molar refractivity (Wildman–Crippen MR) is 84.6 cm³/mol. The van der Waals surface area contributed by atoms with Crippen molar-refractivity contribution in [2.75, 3.05) is 6.61 Å². The number of hydrogen-bond donors (Lipinski definition) is 2. The van der Waals surface area contributed by atoms with Crippen molar-refractivity contribution < 1.29 is 5.11 Å². The molecule has 0 aliphatic heterocycles. The Kier molecular flexibility index (Phi) is 4.10. The van der Waals surface area contributed by atoms with Gasteiger partial charge in [0.1, 0.15) is 0 Å². The summed E-state index contributed by atoms with van der Waals surface area (Å²) in [6.07, 6.45) is 8.04. The lowest BCUT2D eigenvalue weighted by Crippen LogP contribution is -2.53. The van der Waals surface area contributed by atoms with Gasteiger partial charge < -0.3 is 10.4 Å². The smallest absolute Gasteiger partial charge is 0.0628 e. The summed E-state index contributed by atoms with van der Waals surface area (Å²) < 4.78 is 2.24. The third-order valence-electron chi connectivity index (χ3n) is 5.38. The van der Waals surface area contributed by atoms with Crippen LogP contribution in [-0.4, -0.2) is 33.1 Å². The monoisotopic (exact) mass is 291 g/mol. The lowest BCUT2D eigenvalue weighted by atomic mass is 9.79. The van der Waals surface area contributed by atoms with E-state index >= 15 is 0 Å². The molecule has 2 unspecified atom stereocenters. The summed E-state index contributed by atoms with van der Waals surface area (Å²) in [4.78, 5) is 0. The highest BCUT2D eigenvalue weighted by Crippen LogP contribution is 2.38. The summed E-state index contributed by atoms with van der Waals surface area (Å²) in [5.74, 6) is 0. The summed E-state index contributed by atoms with van der Waals surface area (Å²) in [6, 6.07) is 1.07. The van der Waals surface area contributed by atoms with E-state index in [0.29, 0.717) is 12.1 Å². The van der Waals surface area contributed by atoms with Gasteiger partial charge in [-0.3, -0.25) is 4.68 Å². The minimum absolute atomic E-state index is 0.0806. The van der Waals surface area contributed by atoms with Crippen LogP contribution in [0.25, 0.3) is 0 Å². The topological polar surface area (TPSA) is 50.1 Å². The molecule has 21 heavy (non-hydrogen) atoms. The molecule has 2 atom stereocenters. The molecule has 2 fully saturated rings. The molecule has 4 nitrogen and oxygen atoms in total. The van der Waals surface area contributed by atoms with Gasteiger partial charge in [-0.1, -0.05) is 6.92 Å². The molecule has 0 spiro atoms. The van der Waals surface area contributed by atoms with E-state index in [9.17, 15) is 5.11 Å². The van der Waals surface area contributed by atoms with Crippen LogP contribution in [0.3, 0.4) is 0 Å². The molecule has 0 aromatic carbocycles. The Labute approximate surface area is 127 Å². The van der Waals surface area contributed by atoms with Gasteiger partial charge in [-0.2, -0.15) is 5.10 Å². The van der Waals surface area contributed by atoms with Crippen molar-refractivity contribution in [3.8, 4) is 0 Å². The first-order chi connectivity index (χ1) is 10.1. The van der Waals surface area contributed by atoms with Gasteiger partial charge in [-0.05, 0) is 64.4 Å². The fourth-order valence-electron chi connectivity index (χ4n) is 4.09. The second-order valence-electron chi connectivity index (χ2n) is 7.05. The Balaban J connectivity index is 1.81. The molecule has 2 N–H and O–H groups in total. The van der Waals surface area contributed by atoms with Crippen LogP contribution in [0.1, 0.15) is 68.4 Å². The molecule has 2 saturated carbocycles. The maximum atomic E-state index is 9.97. The molecule has 1 aromatic rings. The van der Waals surface area contributed by atoms with Crippen LogP contribution in [0.5, 0.6) is 0 Å². The van der Waals surface area contributed by atoms with E-state index in [4.69, 9.17) is 5.10 Å². The van der Waals surface area contributed by atoms with Crippen molar-refractivity contribution in [2.45, 2.75) is 83.3 Å². The number of aryl methyl sites for hydroxylation is 1. The first-order valence-corrected chi connectivity index (χ1v) is 8.51. The summed E-state index contributed by atoms with van der Waals surface area (Å²) in [5, 5.41) is 18.5. The van der Waals surface area contributed by atoms with E-state index in [1.54, 1.807) is 0 Å². The van der Waals surface area contributed by atoms with Gasteiger partial charge >= 0.3 is 0 Å². The van der Waals surface area contributed by atoms with Crippen molar-refractivity contribution in [3.63, 3.8) is 0 Å². The van der Waals surface area contributed by atoms with Crippen LogP contribution in [-0.2, 0) is 6.42 Å². The van der Waals surface area contributed by atoms with E-state index < -0.39 is 0 Å². The second-order valence-corrected chi connectivity index (χ2v) is 7.05. The van der Waals surface area contributed by atoms with Gasteiger partial charge in [0.2, 0.25) is 0 Å². The maximum absolute atomic E-state index is 9.97. The van der Waals surface area contributed by atoms with Crippen molar-refractivity contribution >= 4 is 0 Å². The molecule has 0 bridgehead atoms. The molecule has 1 heterocycles. The Morgan fingerprint density at radius 1 is 1.33 bits per heavy atom. The molecule has 0 radical (unpaired) electrons. The van der Waals surface area contributed by atoms with Crippen molar-refractivity contribution in [3.05, 3.63) is 17.0 Å². The maximum Gasteiger partial charge on any atom is 0.0628 e. The summed E-state index contributed by atoms with van der Waals surface area (Å²) >= 11 is 0. The van der Waals surface area contributed by atoms with Gasteiger partial charge in [0, 0.05) is 17.3 Å². The van der Waals surface area contributed by atoms with Crippen molar-refractivity contribution in [2.24, 2.45) is 0 Å². The number of nitrogens with zero attached hydrogens (tertiary/aromatic N) is 2. The zero-order valence-corrected chi connectivity index (χ0v) is 13.7. The Bertz CT molecular complexity index is 506. The minimum atomic E-state index is -0.0806. The van der Waals surface area contributed by atoms with E-state index in [0.717, 1.165) is 19.3 Å². The van der Waals surface area contributed by atoms with E-state index in [1.165, 1.54) is 42.6 Å². The zero-order chi connectivity index (χ0) is 15.0. The summed E-state index contributed by atoms with van der Waals surface area (Å²) in [5.41, 5.74) is 3.80. The average molecular weight is 291 g/mol. The van der Waals surface area contributed by atoms with Crippen LogP contribution < -0.4 is 5.32 Å². The molecule has 4 heteroatoms. The highest BCUT2D eigenvalue weighted by atomic mass is 16.3. The Morgan fingerprint density at radius 3 is 2.67 bits per heavy atom. The van der Waals surface area contributed by atoms with Crippen LogP contribution in [0, 0.1) is 13.8 Å². The van der Waals surface area contributed by atoms with E-state index in [-0.39, 0.29) is 12.1 Å². The number of aromatic nitrogens is 2. The molecular weight excluding hydrogens is 262 g/mol. The molecule has 2 aliphatic carbocycles. The van der Waals surface area contributed by atoms with Gasteiger partial charge in [0.15, 0.2) is 0 Å². The Morgan fingerprint density at radius 2 is 2.10 bits per heavy atom. The molecule has 118 valence electrons. The standard InChI is InChI=1S/C17H29N3O/c1-4-16-12(2)19-20(13(16)3)15-6-5-9-17(10-15,11-21)18-14-7-8-14/h14-15,18,21H,4-11H2,1-3H3. The lowest BCUT2D eigenvalue weighted by Gasteiger charge is -2.41. The summed E-state index contributed by atoms with van der Waals surface area (Å²) in [7, 11) is 0. The van der Waals surface area contributed by atoms with Crippen LogP contribution in [0.15, 0.2) is 0 Å². The molecule has 0 saturated heterocycles. The fraction of sp³-hybridized carbons (Fsp3) is 0.824. The number of aliphatic hydroxyl groups excluding tert-OH is 1. The van der Waals surface area contributed by atoms with Gasteiger partial charge in [0.25, 0.3) is 0 Å². The third kappa shape index (κ3) is 2.88. The minimum Gasteiger partial charge on any atom is -0.394 e. The van der Waals surface area contributed by atoms with E-state index in [1.807, 2.05) is 0 Å². The number of nitrogens with one attached hydrogen (secondary N) is 1. The highest BCUT2D eigenvalue weighted by molar-refractivity contribution is 5.25. The number of hydrogen-bond acceptors (Lipinski definition) is 3. The molecule has 1 aromatic heterocycles. The normalized spacial score (nSPS) is 29.8. The average Bonchev–Trinajstić information content (AvgIpc) is 3.24. The number of rotatable bonds is 5. The zero-order valence-electron chi connectivity index (χ0n) is 13.7. The number of aliphatic hydroxyl groups is 1. The quantitative estimate of drug-likeness (QED) is 0.877. The van der Waals surface area contributed by atoms with Crippen molar-refractivity contribution in [1.29, 1.82) is 0 Å². The molecule has 0 amide bonds. The highest BCUT2D eigenvalue weighted by Gasteiger charge is 2.40. The lowest BCUT2D eigenvalue weighted by molar-refractivity contribution is 0.0921. The second kappa shape index (κ2) is 5.73. The summed E-state index contributed by atoms with van der Waals surface area (Å²) in [6.45, 7) is 6.77. The first-order valence-electron chi connectivity index (χ1n) is 8.51. The van der Waals surface area contributed by atoms with Gasteiger partial charge in [-0.25, -0.2) is 0 Å². The molecular formula is C17H29N3O. The Hall–Kier alpha value is -0.870. The predicted octanol–water partition coefficient (Wildman–Crippen LogP) is 2.66. The van der Waals surface area contributed by atoms with Crippen LogP contribution >= 0.6 is 0 Å². The molecule has 2 aliphatic rings. The van der Waals surface area contributed by atoms with E-state index in [2.05, 4.69) is 30.8 Å². The molecule has 3 rings (SSSR count). The van der Waals surface area contributed by atoms with Crippen LogP contribution in [0.4, 0.5) is 0 Å². The van der Waals surface area contributed by atoms with Crippen molar-refractivity contribution in [1.82, 2.24) is 15.1 Å². The van der Waals surface area contributed by atoms with Gasteiger partial charge in [-0.15, -0.1) is 0 Å². The SMILES string of the molecule is CCc1c(C)nn(C2CCCC(CO)(NC3CC3)C2)c1C. The largest absolute Gasteiger partial charge is 0.394 e.